The Kier molecular flexibility index (Phi) is 7.70. The van der Waals surface area contributed by atoms with Crippen molar-refractivity contribution in [3.8, 4) is 11.1 Å². The molecule has 0 saturated heterocycles. The topological polar surface area (TPSA) is 19.6 Å². The predicted octanol–water partition coefficient (Wildman–Crippen LogP) is 14.8. The smallest absolute Gasteiger partial charge is 0.137 e. The molecule has 0 N–H and O–H groups in total. The summed E-state index contributed by atoms with van der Waals surface area (Å²) in [5.74, 6) is 0. The summed E-state index contributed by atoms with van der Waals surface area (Å²) in [6.07, 6.45) is 0. The average molecular weight is 693 g/mol. The van der Waals surface area contributed by atoms with Crippen molar-refractivity contribution < 1.29 is 4.42 Å². The first kappa shape index (κ1) is 31.6. The summed E-state index contributed by atoms with van der Waals surface area (Å²) in [4.78, 5) is 4.74. The first-order valence-corrected chi connectivity index (χ1v) is 18.4. The minimum atomic E-state index is 0.863. The van der Waals surface area contributed by atoms with Crippen LogP contribution in [0.2, 0.25) is 0 Å². The van der Waals surface area contributed by atoms with Gasteiger partial charge in [0.2, 0.25) is 0 Å². The summed E-state index contributed by atoms with van der Waals surface area (Å²) in [7, 11) is 0. The Morgan fingerprint density at radius 3 is 1.72 bits per heavy atom. The van der Waals surface area contributed by atoms with Crippen LogP contribution in [0.5, 0.6) is 0 Å². The Hall–Kier alpha value is -7.10. The molecule has 0 radical (unpaired) electrons. The van der Waals surface area contributed by atoms with Gasteiger partial charge in [0.05, 0.1) is 5.69 Å². The first-order valence-electron chi connectivity index (χ1n) is 18.4. The van der Waals surface area contributed by atoms with Crippen molar-refractivity contribution in [2.75, 3.05) is 9.80 Å². The molecule has 0 aliphatic rings. The lowest BCUT2D eigenvalue weighted by Crippen LogP contribution is -2.14. The van der Waals surface area contributed by atoms with E-state index >= 15 is 0 Å². The van der Waals surface area contributed by atoms with Crippen LogP contribution >= 0.6 is 0 Å². The molecule has 10 aromatic rings. The first-order chi connectivity index (χ1) is 26.7. The van der Waals surface area contributed by atoms with Crippen molar-refractivity contribution in [3.63, 3.8) is 0 Å². The number of nitrogens with zero attached hydrogens (tertiary/aromatic N) is 2. The molecule has 0 spiro atoms. The molecule has 54 heavy (non-hydrogen) atoms. The number of furan rings is 1. The SMILES string of the molecule is Cc1cccc2oc3cc(N(c4cccc(N(c5ccccc5)c5ccc6ccccc6c5)c4)c4cc5ccccc5cc4-c4ccccc4)ccc3c12. The quantitative estimate of drug-likeness (QED) is 0.166. The molecule has 0 bridgehead atoms. The van der Waals surface area contributed by atoms with Gasteiger partial charge in [-0.25, -0.2) is 0 Å². The molecule has 3 nitrogen and oxygen atoms in total. The van der Waals surface area contributed by atoms with Crippen molar-refractivity contribution in [2.24, 2.45) is 0 Å². The van der Waals surface area contributed by atoms with Crippen molar-refractivity contribution in [1.29, 1.82) is 0 Å². The average Bonchev–Trinajstić information content (AvgIpc) is 3.61. The Bertz CT molecular complexity index is 2970. The van der Waals surface area contributed by atoms with Gasteiger partial charge in [-0.05, 0) is 112 Å². The molecule has 0 fully saturated rings. The Labute approximate surface area is 314 Å². The zero-order valence-electron chi connectivity index (χ0n) is 29.9. The van der Waals surface area contributed by atoms with Crippen LogP contribution in [0.1, 0.15) is 5.56 Å². The van der Waals surface area contributed by atoms with Gasteiger partial charge in [0.1, 0.15) is 11.2 Å². The fourth-order valence-electron chi connectivity index (χ4n) is 7.93. The summed E-state index contributed by atoms with van der Waals surface area (Å²) in [6, 6.07) is 71.7. The number of benzene rings is 9. The maximum Gasteiger partial charge on any atom is 0.137 e. The summed E-state index contributed by atoms with van der Waals surface area (Å²) in [5.41, 5.74) is 11.7. The number of rotatable bonds is 7. The van der Waals surface area contributed by atoms with Crippen LogP contribution in [-0.4, -0.2) is 0 Å². The summed E-state index contributed by atoms with van der Waals surface area (Å²) < 4.78 is 6.56. The molecule has 1 aromatic heterocycles. The molecular formula is C51H36N2O. The fourth-order valence-corrected chi connectivity index (χ4v) is 7.93. The van der Waals surface area contributed by atoms with E-state index in [-0.39, 0.29) is 0 Å². The minimum Gasteiger partial charge on any atom is -0.456 e. The number of para-hydroxylation sites is 1. The van der Waals surface area contributed by atoms with Crippen LogP contribution in [0.4, 0.5) is 34.1 Å². The van der Waals surface area contributed by atoms with Gasteiger partial charge in [-0.15, -0.1) is 0 Å². The van der Waals surface area contributed by atoms with Crippen LogP contribution in [0.25, 0.3) is 54.6 Å². The Morgan fingerprint density at radius 1 is 0.370 bits per heavy atom. The number of aryl methyl sites for hydroxylation is 1. The molecular weight excluding hydrogens is 657 g/mol. The third kappa shape index (κ3) is 5.55. The number of hydrogen-bond acceptors (Lipinski definition) is 3. The fraction of sp³-hybridized carbons (Fsp3) is 0.0196. The Balaban J connectivity index is 1.22. The second-order valence-electron chi connectivity index (χ2n) is 13.9. The molecule has 0 amide bonds. The molecule has 10 rings (SSSR count). The van der Waals surface area contributed by atoms with Crippen molar-refractivity contribution in [1.82, 2.24) is 0 Å². The van der Waals surface area contributed by atoms with E-state index in [1.807, 2.05) is 0 Å². The molecule has 0 aliphatic heterocycles. The zero-order valence-corrected chi connectivity index (χ0v) is 29.9. The van der Waals surface area contributed by atoms with Crippen molar-refractivity contribution in [2.45, 2.75) is 6.92 Å². The van der Waals surface area contributed by atoms with E-state index in [0.717, 1.165) is 67.2 Å². The summed E-state index contributed by atoms with van der Waals surface area (Å²) >= 11 is 0. The van der Waals surface area contributed by atoms with E-state index in [4.69, 9.17) is 4.42 Å². The normalized spacial score (nSPS) is 11.4. The standard InChI is InChI=1S/C51H36N2O/c1-35-14-12-25-49-51(35)46-29-28-45(34-50(46)54-49)53(48-32-40-20-11-10-19-39(40)31-47(48)37-16-4-2-5-17-37)43-24-13-23-42(33-43)52(41-21-6-3-7-22-41)44-27-26-36-15-8-9-18-38(36)30-44/h2-34H,1H3. The van der Waals surface area contributed by atoms with Crippen LogP contribution in [0, 0.1) is 6.92 Å². The molecule has 0 saturated carbocycles. The third-order valence-corrected chi connectivity index (χ3v) is 10.5. The van der Waals surface area contributed by atoms with Gasteiger partial charge in [0, 0.05) is 50.8 Å². The van der Waals surface area contributed by atoms with E-state index in [0.29, 0.717) is 0 Å². The van der Waals surface area contributed by atoms with Crippen LogP contribution in [0.3, 0.4) is 0 Å². The molecule has 3 heteroatoms. The van der Waals surface area contributed by atoms with Crippen LogP contribution in [-0.2, 0) is 0 Å². The van der Waals surface area contributed by atoms with Crippen molar-refractivity contribution in [3.05, 3.63) is 206 Å². The van der Waals surface area contributed by atoms with E-state index in [1.165, 1.54) is 27.1 Å². The highest BCUT2D eigenvalue weighted by Crippen LogP contribution is 2.46. The second kappa shape index (κ2) is 13.1. The van der Waals surface area contributed by atoms with Gasteiger partial charge < -0.3 is 14.2 Å². The van der Waals surface area contributed by atoms with E-state index in [1.54, 1.807) is 0 Å². The molecule has 0 atom stereocenters. The third-order valence-electron chi connectivity index (χ3n) is 10.5. The highest BCUT2D eigenvalue weighted by molar-refractivity contribution is 6.08. The largest absolute Gasteiger partial charge is 0.456 e. The number of fused-ring (bicyclic) bond motifs is 5. The van der Waals surface area contributed by atoms with Crippen LogP contribution < -0.4 is 9.80 Å². The lowest BCUT2D eigenvalue weighted by molar-refractivity contribution is 0.669. The monoisotopic (exact) mass is 692 g/mol. The molecule has 9 aromatic carbocycles. The highest BCUT2D eigenvalue weighted by atomic mass is 16.3. The predicted molar refractivity (Wildman–Crippen MR) is 228 cm³/mol. The van der Waals surface area contributed by atoms with Gasteiger partial charge in [-0.1, -0.05) is 121 Å². The maximum atomic E-state index is 6.56. The number of anilines is 6. The lowest BCUT2D eigenvalue weighted by atomic mass is 9.97. The van der Waals surface area contributed by atoms with Gasteiger partial charge in [-0.3, -0.25) is 0 Å². The minimum absolute atomic E-state index is 0.863. The number of hydrogen-bond donors (Lipinski definition) is 0. The van der Waals surface area contributed by atoms with Gasteiger partial charge in [0.15, 0.2) is 0 Å². The zero-order chi connectivity index (χ0) is 36.0. The maximum absolute atomic E-state index is 6.56. The van der Waals surface area contributed by atoms with E-state index < -0.39 is 0 Å². The second-order valence-corrected chi connectivity index (χ2v) is 13.9. The molecule has 256 valence electrons. The van der Waals surface area contributed by atoms with E-state index in [2.05, 4.69) is 217 Å². The van der Waals surface area contributed by atoms with Crippen LogP contribution in [0.15, 0.2) is 205 Å². The van der Waals surface area contributed by atoms with Gasteiger partial charge in [-0.2, -0.15) is 0 Å². The lowest BCUT2D eigenvalue weighted by Gasteiger charge is -2.31. The van der Waals surface area contributed by atoms with Crippen molar-refractivity contribution >= 4 is 77.6 Å². The summed E-state index contributed by atoms with van der Waals surface area (Å²) in [6.45, 7) is 2.15. The van der Waals surface area contributed by atoms with Gasteiger partial charge in [0.25, 0.3) is 0 Å². The highest BCUT2D eigenvalue weighted by Gasteiger charge is 2.22. The molecule has 1 heterocycles. The van der Waals surface area contributed by atoms with E-state index in [9.17, 15) is 0 Å². The Morgan fingerprint density at radius 2 is 0.944 bits per heavy atom. The molecule has 0 aliphatic carbocycles. The summed E-state index contributed by atoms with van der Waals surface area (Å²) in [5, 5.41) is 7.08. The van der Waals surface area contributed by atoms with Gasteiger partial charge >= 0.3 is 0 Å². The molecule has 0 unspecified atom stereocenters.